The molecular formula is C27H17F5N2O4. The number of aromatic nitrogens is 2. The Balaban J connectivity index is 1.71. The number of halogens is 5. The van der Waals surface area contributed by atoms with Gasteiger partial charge in [-0.1, -0.05) is 6.92 Å². The Morgan fingerprint density at radius 2 is 1.71 bits per heavy atom. The maximum Gasteiger partial charge on any atom is 0.309 e. The van der Waals surface area contributed by atoms with Gasteiger partial charge in [0.05, 0.1) is 35.4 Å². The van der Waals surface area contributed by atoms with Gasteiger partial charge in [-0.15, -0.1) is 0 Å². The number of ether oxygens (including phenoxy) is 1. The summed E-state index contributed by atoms with van der Waals surface area (Å²) < 4.78 is 78.0. The maximum absolute atomic E-state index is 15.1. The first kappa shape index (κ1) is 24.2. The van der Waals surface area contributed by atoms with Gasteiger partial charge in [0.25, 0.3) is 5.56 Å². The minimum absolute atomic E-state index is 0.0407. The molecule has 0 radical (unpaired) electrons. The van der Waals surface area contributed by atoms with Crippen LogP contribution in [0.4, 0.5) is 22.0 Å². The molecule has 11 heteroatoms. The lowest BCUT2D eigenvalue weighted by molar-refractivity contribution is -0.149. The lowest BCUT2D eigenvalue weighted by atomic mass is 9.85. The molecule has 194 valence electrons. The first-order valence-corrected chi connectivity index (χ1v) is 11.6. The standard InChI is InChI=1S/C27H17F5N2O4/c1-2-27(37)8-21(35)38-10-14-15(27)7-20-25-13(9-34(20)26(14)36)22(11-3-17(30)24(32)18(31)4-11)23-16(29)5-12(28)6-19(23)33-25/h3-7,37H,2,8-10H2,1H3/t27-/m1/s1. The Labute approximate surface area is 210 Å². The van der Waals surface area contributed by atoms with Crippen LogP contribution in [-0.2, 0) is 28.3 Å². The van der Waals surface area contributed by atoms with Crippen molar-refractivity contribution < 1.29 is 36.6 Å². The van der Waals surface area contributed by atoms with E-state index < -0.39 is 52.6 Å². The number of fused-ring (bicyclic) bond motifs is 5. The highest BCUT2D eigenvalue weighted by molar-refractivity contribution is 6.00. The lowest BCUT2D eigenvalue weighted by Gasteiger charge is -2.26. The largest absolute Gasteiger partial charge is 0.460 e. The Bertz CT molecular complexity index is 1760. The number of cyclic esters (lactones) is 1. The molecule has 0 aliphatic carbocycles. The number of pyridine rings is 2. The van der Waals surface area contributed by atoms with Gasteiger partial charge in [0, 0.05) is 28.6 Å². The summed E-state index contributed by atoms with van der Waals surface area (Å²) in [4.78, 5) is 30.1. The smallest absolute Gasteiger partial charge is 0.309 e. The molecule has 6 nitrogen and oxygen atoms in total. The zero-order chi connectivity index (χ0) is 27.1. The van der Waals surface area contributed by atoms with Crippen molar-refractivity contribution in [2.75, 3.05) is 0 Å². The summed E-state index contributed by atoms with van der Waals surface area (Å²) in [6, 6.07) is 4.36. The average molecular weight is 528 g/mol. The van der Waals surface area contributed by atoms with E-state index in [-0.39, 0.29) is 69.7 Å². The van der Waals surface area contributed by atoms with Crippen LogP contribution in [0, 0.1) is 29.1 Å². The number of carbonyl (C=O) groups is 1. The third kappa shape index (κ3) is 3.38. The second-order valence-corrected chi connectivity index (χ2v) is 9.39. The van der Waals surface area contributed by atoms with Crippen molar-refractivity contribution in [3.8, 4) is 22.5 Å². The fourth-order valence-corrected chi connectivity index (χ4v) is 5.35. The molecule has 0 fully saturated rings. The highest BCUT2D eigenvalue weighted by Crippen LogP contribution is 2.44. The normalized spacial score (nSPS) is 18.1. The number of carbonyl (C=O) groups excluding carboxylic acids is 1. The van der Waals surface area contributed by atoms with E-state index in [9.17, 15) is 32.3 Å². The van der Waals surface area contributed by atoms with Gasteiger partial charge in [0.2, 0.25) is 0 Å². The SMILES string of the molecule is CC[C@@]1(O)CC(=O)OCc2c1cc1n(c2=O)Cc2c-1nc1cc(F)cc(F)c1c2-c1cc(F)c(F)c(F)c1. The van der Waals surface area contributed by atoms with E-state index in [4.69, 9.17) is 4.74 Å². The van der Waals surface area contributed by atoms with E-state index in [1.165, 1.54) is 10.6 Å². The minimum Gasteiger partial charge on any atom is -0.460 e. The van der Waals surface area contributed by atoms with E-state index in [0.717, 1.165) is 6.07 Å². The van der Waals surface area contributed by atoms with Crippen LogP contribution in [0.5, 0.6) is 0 Å². The predicted molar refractivity (Wildman–Crippen MR) is 124 cm³/mol. The van der Waals surface area contributed by atoms with Crippen molar-refractivity contribution in [1.29, 1.82) is 0 Å². The molecule has 2 aliphatic rings. The lowest BCUT2D eigenvalue weighted by Crippen LogP contribution is -2.32. The Hall–Kier alpha value is -4.12. The van der Waals surface area contributed by atoms with Crippen LogP contribution in [0.1, 0.15) is 36.5 Å². The second-order valence-electron chi connectivity index (χ2n) is 9.39. The van der Waals surface area contributed by atoms with Crippen LogP contribution in [0.3, 0.4) is 0 Å². The molecule has 0 spiro atoms. The van der Waals surface area contributed by atoms with Gasteiger partial charge in [-0.25, -0.2) is 26.9 Å². The van der Waals surface area contributed by atoms with Crippen LogP contribution < -0.4 is 5.56 Å². The molecule has 0 saturated heterocycles. The highest BCUT2D eigenvalue weighted by atomic mass is 19.2. The number of esters is 1. The molecule has 4 aromatic rings. The molecule has 6 rings (SSSR count). The van der Waals surface area contributed by atoms with Crippen molar-refractivity contribution >= 4 is 16.9 Å². The number of nitrogens with zero attached hydrogens (tertiary/aromatic N) is 2. The maximum atomic E-state index is 15.1. The minimum atomic E-state index is -1.72. The van der Waals surface area contributed by atoms with Crippen LogP contribution in [-0.4, -0.2) is 20.6 Å². The average Bonchev–Trinajstić information content (AvgIpc) is 3.16. The summed E-state index contributed by atoms with van der Waals surface area (Å²) in [5.74, 6) is -7.47. The molecule has 4 heterocycles. The first-order chi connectivity index (χ1) is 18.0. The third-order valence-electron chi connectivity index (χ3n) is 7.24. The first-order valence-electron chi connectivity index (χ1n) is 11.6. The summed E-state index contributed by atoms with van der Waals surface area (Å²) in [5, 5.41) is 11.0. The molecule has 0 bridgehead atoms. The summed E-state index contributed by atoms with van der Waals surface area (Å²) in [6.45, 7) is 1.02. The van der Waals surface area contributed by atoms with Gasteiger partial charge in [-0.3, -0.25) is 9.59 Å². The van der Waals surface area contributed by atoms with Gasteiger partial charge in [-0.05, 0) is 35.7 Å². The quantitative estimate of drug-likeness (QED) is 0.202. The number of hydrogen-bond acceptors (Lipinski definition) is 5. The van der Waals surface area contributed by atoms with Crippen LogP contribution >= 0.6 is 0 Å². The number of benzene rings is 2. The summed E-state index contributed by atoms with van der Waals surface area (Å²) in [6.07, 6.45) is -0.320. The molecule has 2 aliphatic heterocycles. The van der Waals surface area contributed by atoms with E-state index in [2.05, 4.69) is 4.98 Å². The fourth-order valence-electron chi connectivity index (χ4n) is 5.35. The van der Waals surface area contributed by atoms with Crippen molar-refractivity contribution in [2.45, 2.75) is 38.5 Å². The van der Waals surface area contributed by atoms with Crippen molar-refractivity contribution in [1.82, 2.24) is 9.55 Å². The molecule has 1 N–H and O–H groups in total. The second kappa shape index (κ2) is 8.19. The van der Waals surface area contributed by atoms with Gasteiger partial charge < -0.3 is 14.4 Å². The van der Waals surface area contributed by atoms with Crippen LogP contribution in [0.2, 0.25) is 0 Å². The molecule has 0 unspecified atom stereocenters. The Morgan fingerprint density at radius 1 is 1.00 bits per heavy atom. The van der Waals surface area contributed by atoms with Crippen molar-refractivity contribution in [2.24, 2.45) is 0 Å². The fraction of sp³-hybridized carbons (Fsp3) is 0.222. The molecule has 1 atom stereocenters. The molecule has 2 aromatic heterocycles. The summed E-state index contributed by atoms with van der Waals surface area (Å²) in [7, 11) is 0. The molecule has 38 heavy (non-hydrogen) atoms. The van der Waals surface area contributed by atoms with Gasteiger partial charge in [0.15, 0.2) is 17.5 Å². The van der Waals surface area contributed by atoms with Gasteiger partial charge in [0.1, 0.15) is 23.8 Å². The molecular weight excluding hydrogens is 511 g/mol. The summed E-state index contributed by atoms with van der Waals surface area (Å²) >= 11 is 0. The van der Waals surface area contributed by atoms with Gasteiger partial charge in [-0.2, -0.15) is 0 Å². The Kier molecular flexibility index (Phi) is 5.22. The zero-order valence-corrected chi connectivity index (χ0v) is 19.7. The molecule has 2 aromatic carbocycles. The van der Waals surface area contributed by atoms with Crippen LogP contribution in [0.15, 0.2) is 35.1 Å². The van der Waals surface area contributed by atoms with E-state index >= 15 is 4.39 Å². The van der Waals surface area contributed by atoms with E-state index in [0.29, 0.717) is 18.2 Å². The molecule has 0 amide bonds. The molecule has 0 saturated carbocycles. The number of aliphatic hydroxyl groups is 1. The number of rotatable bonds is 2. The van der Waals surface area contributed by atoms with Gasteiger partial charge >= 0.3 is 5.97 Å². The van der Waals surface area contributed by atoms with Crippen molar-refractivity contribution in [3.63, 3.8) is 0 Å². The Morgan fingerprint density at radius 3 is 2.39 bits per heavy atom. The van der Waals surface area contributed by atoms with E-state index in [1.54, 1.807) is 6.92 Å². The van der Waals surface area contributed by atoms with E-state index in [1.807, 2.05) is 0 Å². The number of hydrogen-bond donors (Lipinski definition) is 1. The summed E-state index contributed by atoms with van der Waals surface area (Å²) in [5.41, 5.74) is -2.24. The third-order valence-corrected chi connectivity index (χ3v) is 7.24. The monoisotopic (exact) mass is 528 g/mol. The van der Waals surface area contributed by atoms with Crippen LogP contribution in [0.25, 0.3) is 33.4 Å². The topological polar surface area (TPSA) is 81.4 Å². The highest BCUT2D eigenvalue weighted by Gasteiger charge is 2.40. The predicted octanol–water partition coefficient (Wildman–Crippen LogP) is 4.83. The van der Waals surface area contributed by atoms with Crippen molar-refractivity contribution in [3.05, 3.63) is 86.5 Å². The zero-order valence-electron chi connectivity index (χ0n) is 19.7.